The van der Waals surface area contributed by atoms with Crippen molar-refractivity contribution in [1.82, 2.24) is 0 Å². The summed E-state index contributed by atoms with van der Waals surface area (Å²) in [5, 5.41) is 0. The molecule has 192 valence electrons. The number of nitrogens with zero attached hydrogens (tertiary/aromatic N) is 1. The number of hydrogen-bond acceptors (Lipinski definition) is 6. The zero-order valence-electron chi connectivity index (χ0n) is 21.0. The van der Waals surface area contributed by atoms with E-state index >= 15 is 0 Å². The Morgan fingerprint density at radius 3 is 2.06 bits per heavy atom. The van der Waals surface area contributed by atoms with Gasteiger partial charge in [0.1, 0.15) is 0 Å². The molecule has 3 aromatic carbocycles. The summed E-state index contributed by atoms with van der Waals surface area (Å²) in [6.07, 6.45) is 2.93. The minimum atomic E-state index is -4.27. The highest BCUT2D eigenvalue weighted by molar-refractivity contribution is 9.10. The van der Waals surface area contributed by atoms with E-state index in [1.165, 1.54) is 39.5 Å². The maximum atomic E-state index is 14.0. The molecule has 0 aliphatic heterocycles. The second-order valence-corrected chi connectivity index (χ2v) is 10.7. The maximum Gasteiger partial charge on any atom is 0.273 e. The lowest BCUT2D eigenvalue weighted by Gasteiger charge is -2.25. The van der Waals surface area contributed by atoms with E-state index in [1.54, 1.807) is 24.3 Å². The summed E-state index contributed by atoms with van der Waals surface area (Å²) in [6, 6.07) is 14.8. The van der Waals surface area contributed by atoms with Crippen LogP contribution in [-0.4, -0.2) is 35.7 Å². The van der Waals surface area contributed by atoms with E-state index in [4.69, 9.17) is 14.2 Å². The zero-order chi connectivity index (χ0) is 26.5. The number of amides is 1. The number of unbranched alkanes of at least 4 members (excludes halogenated alkanes) is 1. The van der Waals surface area contributed by atoms with Crippen LogP contribution in [0.15, 0.2) is 64.0 Å². The van der Waals surface area contributed by atoms with Gasteiger partial charge in [0.25, 0.3) is 15.9 Å². The molecule has 0 fully saturated rings. The molecule has 0 spiro atoms. The molecule has 3 rings (SSSR count). The van der Waals surface area contributed by atoms with Crippen LogP contribution in [-0.2, 0) is 16.4 Å². The Labute approximate surface area is 221 Å². The molecule has 0 unspecified atom stereocenters. The minimum absolute atomic E-state index is 0.0000682. The van der Waals surface area contributed by atoms with Crippen LogP contribution >= 0.6 is 15.9 Å². The van der Waals surface area contributed by atoms with Gasteiger partial charge in [0.2, 0.25) is 5.75 Å². The van der Waals surface area contributed by atoms with Gasteiger partial charge in [-0.2, -0.15) is 4.31 Å². The number of rotatable bonds is 10. The largest absolute Gasteiger partial charge is 0.493 e. The minimum Gasteiger partial charge on any atom is -0.493 e. The number of ether oxygens (including phenoxy) is 3. The lowest BCUT2D eigenvalue weighted by Crippen LogP contribution is -2.37. The van der Waals surface area contributed by atoms with Crippen molar-refractivity contribution >= 4 is 37.5 Å². The van der Waals surface area contributed by atoms with Crippen molar-refractivity contribution in [2.45, 2.75) is 38.0 Å². The third-order valence-electron chi connectivity index (χ3n) is 5.73. The number of carbonyl (C=O) groups is 1. The van der Waals surface area contributed by atoms with Gasteiger partial charge >= 0.3 is 0 Å². The lowest BCUT2D eigenvalue weighted by atomic mass is 10.1. The first-order chi connectivity index (χ1) is 17.2. The fraction of sp³-hybridized carbons (Fsp3) is 0.296. The van der Waals surface area contributed by atoms with Gasteiger partial charge in [-0.25, -0.2) is 8.42 Å². The molecule has 0 radical (unpaired) electrons. The van der Waals surface area contributed by atoms with E-state index in [0.717, 1.165) is 34.7 Å². The van der Waals surface area contributed by atoms with Crippen LogP contribution in [0.4, 0.5) is 5.69 Å². The Morgan fingerprint density at radius 1 is 0.917 bits per heavy atom. The average molecular weight is 577 g/mol. The van der Waals surface area contributed by atoms with Crippen molar-refractivity contribution in [2.75, 3.05) is 25.6 Å². The first kappa shape index (κ1) is 27.5. The van der Waals surface area contributed by atoms with E-state index in [0.29, 0.717) is 0 Å². The predicted molar refractivity (Wildman–Crippen MR) is 144 cm³/mol. The highest BCUT2D eigenvalue weighted by Crippen LogP contribution is 2.45. The molecule has 9 heteroatoms. The lowest BCUT2D eigenvalue weighted by molar-refractivity contribution is 0.100. The summed E-state index contributed by atoms with van der Waals surface area (Å²) in [5.74, 6) is -0.0639. The van der Waals surface area contributed by atoms with E-state index < -0.39 is 15.9 Å². The number of aryl methyl sites for hydroxylation is 2. The van der Waals surface area contributed by atoms with Gasteiger partial charge in [-0.15, -0.1) is 0 Å². The fourth-order valence-electron chi connectivity index (χ4n) is 3.75. The Morgan fingerprint density at radius 2 is 1.53 bits per heavy atom. The molecule has 7 nitrogen and oxygen atoms in total. The van der Waals surface area contributed by atoms with Crippen LogP contribution in [0.25, 0.3) is 0 Å². The van der Waals surface area contributed by atoms with Crippen LogP contribution in [0.2, 0.25) is 0 Å². The summed E-state index contributed by atoms with van der Waals surface area (Å²) in [5.41, 5.74) is 2.23. The van der Waals surface area contributed by atoms with Crippen LogP contribution in [0.3, 0.4) is 0 Å². The molecular formula is C27H30BrNO6S. The molecular weight excluding hydrogens is 546 g/mol. The van der Waals surface area contributed by atoms with E-state index in [9.17, 15) is 13.2 Å². The maximum absolute atomic E-state index is 14.0. The number of halogens is 1. The second-order valence-electron chi connectivity index (χ2n) is 8.16. The topological polar surface area (TPSA) is 82.1 Å². The van der Waals surface area contributed by atoms with Crippen molar-refractivity contribution in [3.05, 3.63) is 75.8 Å². The van der Waals surface area contributed by atoms with E-state index in [2.05, 4.69) is 22.9 Å². The zero-order valence-corrected chi connectivity index (χ0v) is 23.4. The van der Waals surface area contributed by atoms with Crippen LogP contribution in [0.1, 0.15) is 41.3 Å². The molecule has 3 aromatic rings. The smallest absolute Gasteiger partial charge is 0.273 e. The molecule has 1 amide bonds. The summed E-state index contributed by atoms with van der Waals surface area (Å²) >= 11 is 3.41. The Balaban J connectivity index is 2.22. The van der Waals surface area contributed by atoms with Crippen LogP contribution in [0, 0.1) is 6.92 Å². The van der Waals surface area contributed by atoms with Gasteiger partial charge in [-0.3, -0.25) is 4.79 Å². The van der Waals surface area contributed by atoms with Gasteiger partial charge in [-0.1, -0.05) is 43.2 Å². The summed E-state index contributed by atoms with van der Waals surface area (Å²) in [7, 11) is 0.0261. The van der Waals surface area contributed by atoms with Crippen molar-refractivity contribution in [2.24, 2.45) is 0 Å². The molecule has 0 aliphatic carbocycles. The number of anilines is 1. The van der Waals surface area contributed by atoms with Crippen molar-refractivity contribution < 1.29 is 27.4 Å². The third kappa shape index (κ3) is 5.52. The van der Waals surface area contributed by atoms with E-state index in [-0.39, 0.29) is 37.9 Å². The van der Waals surface area contributed by atoms with E-state index in [1.807, 2.05) is 19.1 Å². The van der Waals surface area contributed by atoms with Gasteiger partial charge < -0.3 is 14.2 Å². The molecule has 0 saturated carbocycles. The first-order valence-corrected chi connectivity index (χ1v) is 13.7. The highest BCUT2D eigenvalue weighted by Gasteiger charge is 2.35. The molecule has 0 heterocycles. The number of methoxy groups -OCH3 is 3. The third-order valence-corrected chi connectivity index (χ3v) is 8.25. The van der Waals surface area contributed by atoms with Crippen LogP contribution < -0.4 is 18.5 Å². The first-order valence-electron chi connectivity index (χ1n) is 11.4. The quantitative estimate of drug-likeness (QED) is 0.288. The number of carbonyl (C=O) groups excluding carboxylic acids is 1. The SMILES string of the molecule is CCCCc1ccc(N(C(=O)c2cc(OC)c(OC)c(OC)c2Br)S(=O)(=O)c2ccc(C)cc2)cc1. The molecule has 0 bridgehead atoms. The van der Waals surface area contributed by atoms with Crippen molar-refractivity contribution in [3.63, 3.8) is 0 Å². The standard InChI is InChI=1S/C27H30BrNO6S/c1-6-7-8-19-11-13-20(14-12-19)29(36(31,32)21-15-9-18(2)10-16-21)27(30)22-17-23(33-3)25(34-4)26(35-5)24(22)28/h9-17H,6-8H2,1-5H3. The van der Waals surface area contributed by atoms with Gasteiger partial charge in [-0.05, 0) is 71.6 Å². The number of hydrogen-bond donors (Lipinski definition) is 0. The Kier molecular flexibility index (Phi) is 9.03. The molecule has 0 saturated heterocycles. The molecule has 0 N–H and O–H groups in total. The molecule has 0 aliphatic rings. The Hall–Kier alpha value is -3.04. The fourth-order valence-corrected chi connectivity index (χ4v) is 5.78. The van der Waals surface area contributed by atoms with Gasteiger partial charge in [0, 0.05) is 0 Å². The van der Waals surface area contributed by atoms with Crippen LogP contribution in [0.5, 0.6) is 17.2 Å². The normalized spacial score (nSPS) is 11.2. The summed E-state index contributed by atoms with van der Waals surface area (Å²) in [4.78, 5) is 14.0. The molecule has 0 aromatic heterocycles. The van der Waals surface area contributed by atoms with Gasteiger partial charge in [0.15, 0.2) is 11.5 Å². The summed E-state index contributed by atoms with van der Waals surface area (Å²) < 4.78 is 45.0. The monoisotopic (exact) mass is 575 g/mol. The Bertz CT molecular complexity index is 1320. The molecule has 36 heavy (non-hydrogen) atoms. The predicted octanol–water partition coefficient (Wildman–Crippen LogP) is 6.16. The van der Waals surface area contributed by atoms with Crippen molar-refractivity contribution in [1.29, 1.82) is 0 Å². The number of benzene rings is 3. The highest BCUT2D eigenvalue weighted by atomic mass is 79.9. The number of sulfonamides is 1. The summed E-state index contributed by atoms with van der Waals surface area (Å²) in [6.45, 7) is 3.97. The second kappa shape index (κ2) is 11.8. The molecule has 0 atom stereocenters. The average Bonchev–Trinajstić information content (AvgIpc) is 2.87. The van der Waals surface area contributed by atoms with Crippen molar-refractivity contribution in [3.8, 4) is 17.2 Å². The van der Waals surface area contributed by atoms with Gasteiger partial charge in [0.05, 0.1) is 41.9 Å².